The molecule has 5 atom stereocenters. The van der Waals surface area contributed by atoms with Crippen molar-refractivity contribution in [2.45, 2.75) is 44.4 Å². The van der Waals surface area contributed by atoms with E-state index in [1.807, 2.05) is 0 Å². The molecule has 2 heterocycles. The smallest absolute Gasteiger partial charge is 0.303 e. The first-order valence-electron chi connectivity index (χ1n) is 11.1. The van der Waals surface area contributed by atoms with E-state index in [4.69, 9.17) is 18.6 Å². The third-order valence-electron chi connectivity index (χ3n) is 5.89. The van der Waals surface area contributed by atoms with Gasteiger partial charge in [0.1, 0.15) is 65.0 Å². The zero-order valence-corrected chi connectivity index (χ0v) is 19.7. The van der Waals surface area contributed by atoms with Gasteiger partial charge in [0.2, 0.25) is 0 Å². The monoisotopic (exact) mass is 516 g/mol. The van der Waals surface area contributed by atoms with Crippen LogP contribution in [0.4, 0.5) is 0 Å². The van der Waals surface area contributed by atoms with Crippen LogP contribution in [0.1, 0.15) is 25.5 Å². The van der Waals surface area contributed by atoms with Crippen LogP contribution in [0.3, 0.4) is 0 Å². The van der Waals surface area contributed by atoms with Crippen LogP contribution in [-0.4, -0.2) is 68.5 Å². The van der Waals surface area contributed by atoms with Crippen molar-refractivity contribution in [2.24, 2.45) is 0 Å². The van der Waals surface area contributed by atoms with Crippen LogP contribution < -0.4 is 5.43 Å². The highest BCUT2D eigenvalue weighted by atomic mass is 16.6. The van der Waals surface area contributed by atoms with E-state index in [9.17, 15) is 39.9 Å². The Kier molecular flexibility index (Phi) is 7.07. The molecule has 0 amide bonds. The first-order valence-corrected chi connectivity index (χ1v) is 11.1. The molecule has 2 aromatic carbocycles. The lowest BCUT2D eigenvalue weighted by Gasteiger charge is -2.42. The summed E-state index contributed by atoms with van der Waals surface area (Å²) in [5.41, 5.74) is -0.857. The van der Waals surface area contributed by atoms with Gasteiger partial charge in [-0.2, -0.15) is 0 Å². The number of aromatic hydroxyl groups is 3. The standard InChI is InChI=1S/C25H24O12/c1-10(26)34-9-18-21(31)23(33)25(35-11(2)27)24(37-18)20-15(30)8-17-19(22(20)32)14(29)7-16(36-17)12-3-5-13(28)6-4-12/h3-8,18,21,23-25,28,30-33H,9H2,1-2H3/t18?,21-,23+,24+,25?/m1/s1. The summed E-state index contributed by atoms with van der Waals surface area (Å²) in [4.78, 5) is 36.0. The van der Waals surface area contributed by atoms with E-state index in [1.54, 1.807) is 0 Å². The molecule has 1 saturated heterocycles. The van der Waals surface area contributed by atoms with Crippen LogP contribution in [0.25, 0.3) is 22.3 Å². The number of benzene rings is 2. The summed E-state index contributed by atoms with van der Waals surface area (Å²) in [6.07, 6.45) is -7.96. The predicted molar refractivity (Wildman–Crippen MR) is 125 cm³/mol. The lowest BCUT2D eigenvalue weighted by Crippen LogP contribution is -2.56. The van der Waals surface area contributed by atoms with E-state index in [0.29, 0.717) is 5.56 Å². The minimum Gasteiger partial charge on any atom is -0.508 e. The molecule has 12 nitrogen and oxygen atoms in total. The molecule has 0 spiro atoms. The predicted octanol–water partition coefficient (Wildman–Crippen LogP) is 1.23. The number of hydrogen-bond donors (Lipinski definition) is 5. The molecule has 12 heteroatoms. The number of phenolic OH excluding ortho intramolecular Hbond substituents is 3. The maximum Gasteiger partial charge on any atom is 0.303 e. The summed E-state index contributed by atoms with van der Waals surface area (Å²) in [6.45, 7) is 1.67. The number of phenols is 3. The lowest BCUT2D eigenvalue weighted by molar-refractivity contribution is -0.242. The van der Waals surface area contributed by atoms with Gasteiger partial charge in [-0.3, -0.25) is 14.4 Å². The maximum absolute atomic E-state index is 13.0. The van der Waals surface area contributed by atoms with Gasteiger partial charge >= 0.3 is 11.9 Å². The zero-order valence-electron chi connectivity index (χ0n) is 19.7. The largest absolute Gasteiger partial charge is 0.508 e. The number of aliphatic hydroxyl groups is 2. The first kappa shape index (κ1) is 25.9. The Labute approximate surface area is 208 Å². The van der Waals surface area contributed by atoms with Crippen molar-refractivity contribution in [3.63, 3.8) is 0 Å². The van der Waals surface area contributed by atoms with Crippen LogP contribution in [0, 0.1) is 0 Å². The molecular weight excluding hydrogens is 492 g/mol. The number of aliphatic hydroxyl groups excluding tert-OH is 2. The average molecular weight is 516 g/mol. The summed E-state index contributed by atoms with van der Waals surface area (Å²) < 4.78 is 21.4. The number of ether oxygens (including phenoxy) is 3. The maximum atomic E-state index is 13.0. The normalized spacial score (nSPS) is 23.5. The molecular formula is C25H24O12. The van der Waals surface area contributed by atoms with Crippen LogP contribution in [-0.2, 0) is 23.8 Å². The second kappa shape index (κ2) is 10.1. The molecule has 0 saturated carbocycles. The molecule has 5 N–H and O–H groups in total. The van der Waals surface area contributed by atoms with Crippen molar-refractivity contribution in [2.75, 3.05) is 6.61 Å². The molecule has 196 valence electrons. The van der Waals surface area contributed by atoms with Gasteiger partial charge < -0.3 is 44.2 Å². The number of carbonyl (C=O) groups is 2. The van der Waals surface area contributed by atoms with E-state index in [2.05, 4.69) is 0 Å². The molecule has 1 aromatic heterocycles. The summed E-state index contributed by atoms with van der Waals surface area (Å²) in [6, 6.07) is 7.93. The third-order valence-corrected chi connectivity index (χ3v) is 5.89. The van der Waals surface area contributed by atoms with E-state index >= 15 is 0 Å². The van der Waals surface area contributed by atoms with Gasteiger partial charge in [-0.05, 0) is 24.3 Å². The van der Waals surface area contributed by atoms with E-state index in [1.165, 1.54) is 24.3 Å². The second-order valence-electron chi connectivity index (χ2n) is 8.51. The van der Waals surface area contributed by atoms with Gasteiger partial charge in [-0.1, -0.05) is 0 Å². The molecule has 1 aliphatic heterocycles. The second-order valence-corrected chi connectivity index (χ2v) is 8.51. The van der Waals surface area contributed by atoms with Crippen molar-refractivity contribution < 1.29 is 53.7 Å². The molecule has 4 rings (SSSR count). The zero-order chi connectivity index (χ0) is 27.0. The van der Waals surface area contributed by atoms with Crippen LogP contribution in [0.15, 0.2) is 45.6 Å². The van der Waals surface area contributed by atoms with Gasteiger partial charge in [0.15, 0.2) is 11.5 Å². The summed E-state index contributed by atoms with van der Waals surface area (Å²) in [5, 5.41) is 52.2. The molecule has 3 aromatic rings. The number of carbonyl (C=O) groups excluding carboxylic acids is 2. The fraction of sp³-hybridized carbons (Fsp3) is 0.320. The topological polar surface area (TPSA) is 193 Å². The van der Waals surface area contributed by atoms with Gasteiger partial charge in [-0.25, -0.2) is 0 Å². The quantitative estimate of drug-likeness (QED) is 0.305. The molecule has 0 aliphatic carbocycles. The molecule has 1 aliphatic rings. The highest BCUT2D eigenvalue weighted by Gasteiger charge is 2.49. The highest BCUT2D eigenvalue weighted by Crippen LogP contribution is 2.45. The number of esters is 2. The van der Waals surface area contributed by atoms with Crippen molar-refractivity contribution in [1.82, 2.24) is 0 Å². The Hall–Kier alpha value is -4.13. The first-order chi connectivity index (χ1) is 17.5. The number of rotatable bonds is 5. The van der Waals surface area contributed by atoms with E-state index < -0.39 is 71.6 Å². The van der Waals surface area contributed by atoms with E-state index in [0.717, 1.165) is 26.0 Å². The Morgan fingerprint density at radius 1 is 0.973 bits per heavy atom. The molecule has 2 unspecified atom stereocenters. The molecule has 1 fully saturated rings. The van der Waals surface area contributed by atoms with E-state index in [-0.39, 0.29) is 22.5 Å². The summed E-state index contributed by atoms with van der Waals surface area (Å²) in [5.74, 6) is -2.86. The number of hydrogen-bond acceptors (Lipinski definition) is 12. The van der Waals surface area contributed by atoms with Gasteiger partial charge in [0.05, 0.1) is 5.56 Å². The van der Waals surface area contributed by atoms with Gasteiger partial charge in [0.25, 0.3) is 0 Å². The van der Waals surface area contributed by atoms with Crippen LogP contribution in [0.2, 0.25) is 0 Å². The van der Waals surface area contributed by atoms with Crippen LogP contribution in [0.5, 0.6) is 17.2 Å². The van der Waals surface area contributed by atoms with Crippen molar-refractivity contribution >= 4 is 22.9 Å². The molecule has 37 heavy (non-hydrogen) atoms. The number of fused-ring (bicyclic) bond motifs is 1. The third kappa shape index (κ3) is 5.07. The highest BCUT2D eigenvalue weighted by molar-refractivity contribution is 5.88. The lowest BCUT2D eigenvalue weighted by atomic mass is 9.89. The Bertz CT molecular complexity index is 1390. The Morgan fingerprint density at radius 3 is 2.27 bits per heavy atom. The van der Waals surface area contributed by atoms with Crippen LogP contribution >= 0.6 is 0 Å². The van der Waals surface area contributed by atoms with Crippen molar-refractivity contribution in [3.8, 4) is 28.6 Å². The van der Waals surface area contributed by atoms with Crippen molar-refractivity contribution in [3.05, 3.63) is 52.2 Å². The Balaban J connectivity index is 1.83. The average Bonchev–Trinajstić information content (AvgIpc) is 2.82. The Morgan fingerprint density at radius 2 is 1.65 bits per heavy atom. The summed E-state index contributed by atoms with van der Waals surface area (Å²) in [7, 11) is 0. The fourth-order valence-electron chi connectivity index (χ4n) is 4.19. The molecule has 0 radical (unpaired) electrons. The minimum atomic E-state index is -1.77. The fourth-order valence-corrected chi connectivity index (χ4v) is 4.19. The van der Waals surface area contributed by atoms with Gasteiger partial charge in [0, 0.05) is 31.5 Å². The van der Waals surface area contributed by atoms with Crippen molar-refractivity contribution in [1.29, 1.82) is 0 Å². The van der Waals surface area contributed by atoms with Gasteiger partial charge in [-0.15, -0.1) is 0 Å². The SMILES string of the molecule is CC(=O)OCC1O[C@@H](c2c(O)cc3oc(-c4ccc(O)cc4)cc(=O)c3c2O)C(OC(C)=O)[C@@H](O)[C@@H]1O. The summed E-state index contributed by atoms with van der Waals surface area (Å²) >= 11 is 0. The molecule has 0 bridgehead atoms. The minimum absolute atomic E-state index is 0.000876.